The summed E-state index contributed by atoms with van der Waals surface area (Å²) in [5, 5.41) is 8.73. The first kappa shape index (κ1) is 12.9. The minimum atomic E-state index is -1.13. The van der Waals surface area contributed by atoms with Crippen molar-refractivity contribution >= 4 is 18.0 Å². The lowest BCUT2D eigenvalue weighted by atomic mass is 10.1. The van der Waals surface area contributed by atoms with E-state index in [1.54, 1.807) is 0 Å². The lowest BCUT2D eigenvalue weighted by molar-refractivity contribution is -0.139. The molecule has 0 aliphatic heterocycles. The molecular formula is C12H11FO4. The third-order valence-corrected chi connectivity index (χ3v) is 2.05. The number of rotatable bonds is 4. The van der Waals surface area contributed by atoms with Crippen LogP contribution < -0.4 is 0 Å². The van der Waals surface area contributed by atoms with Crippen LogP contribution in [0.3, 0.4) is 0 Å². The first-order valence-corrected chi connectivity index (χ1v) is 4.81. The predicted octanol–water partition coefficient (Wildman–Crippen LogP) is 2.10. The molecule has 0 fully saturated rings. The Morgan fingerprint density at radius 3 is 2.76 bits per heavy atom. The molecule has 17 heavy (non-hydrogen) atoms. The molecule has 1 aromatic carbocycles. The van der Waals surface area contributed by atoms with Gasteiger partial charge in [-0.15, -0.1) is 0 Å². The van der Waals surface area contributed by atoms with Crippen LogP contribution in [0.5, 0.6) is 0 Å². The van der Waals surface area contributed by atoms with Gasteiger partial charge >= 0.3 is 11.9 Å². The van der Waals surface area contributed by atoms with Crippen LogP contribution in [0.1, 0.15) is 22.3 Å². The summed E-state index contributed by atoms with van der Waals surface area (Å²) in [5.74, 6) is -2.13. The summed E-state index contributed by atoms with van der Waals surface area (Å²) >= 11 is 0. The van der Waals surface area contributed by atoms with Gasteiger partial charge in [0.1, 0.15) is 5.82 Å². The number of carbonyl (C=O) groups excluding carboxylic acids is 1. The first-order chi connectivity index (χ1) is 8.04. The fourth-order valence-corrected chi connectivity index (χ4v) is 1.17. The van der Waals surface area contributed by atoms with Crippen molar-refractivity contribution in [3.05, 3.63) is 41.2 Å². The maximum Gasteiger partial charge on any atom is 0.335 e. The predicted molar refractivity (Wildman–Crippen MR) is 59.0 cm³/mol. The van der Waals surface area contributed by atoms with Gasteiger partial charge < -0.3 is 9.84 Å². The fraction of sp³-hybridized carbons (Fsp3) is 0.167. The van der Waals surface area contributed by atoms with Crippen molar-refractivity contribution in [2.24, 2.45) is 0 Å². The van der Waals surface area contributed by atoms with E-state index in [1.165, 1.54) is 31.4 Å². The molecule has 4 nitrogen and oxygen atoms in total. The summed E-state index contributed by atoms with van der Waals surface area (Å²) in [6.07, 6.45) is 2.77. The van der Waals surface area contributed by atoms with Gasteiger partial charge in [0, 0.05) is 5.56 Å². The molecule has 90 valence electrons. The number of carboxylic acid groups (broad SMARTS) is 1. The highest BCUT2D eigenvalue weighted by Gasteiger charge is 2.06. The average molecular weight is 238 g/mol. The Morgan fingerprint density at radius 2 is 2.18 bits per heavy atom. The van der Waals surface area contributed by atoms with E-state index in [1.807, 2.05) is 0 Å². The molecule has 0 bridgehead atoms. The zero-order chi connectivity index (χ0) is 12.8. The van der Waals surface area contributed by atoms with E-state index >= 15 is 0 Å². The molecule has 1 rings (SSSR count). The third-order valence-electron chi connectivity index (χ3n) is 2.05. The topological polar surface area (TPSA) is 63.6 Å². The Hall–Kier alpha value is -2.17. The maximum atomic E-state index is 13.3. The molecule has 0 spiro atoms. The Balaban J connectivity index is 2.86. The maximum absolute atomic E-state index is 13.3. The molecule has 0 aromatic heterocycles. The minimum Gasteiger partial charge on any atom is -0.478 e. The van der Waals surface area contributed by atoms with Crippen LogP contribution in [0.15, 0.2) is 24.3 Å². The van der Waals surface area contributed by atoms with E-state index in [-0.39, 0.29) is 17.5 Å². The number of carboxylic acids is 1. The Bertz CT molecular complexity index is 466. The number of carbonyl (C=O) groups is 2. The van der Waals surface area contributed by atoms with Crippen LogP contribution in [0, 0.1) is 5.82 Å². The standard InChI is InChI=1S/C12H11FO4/c1-17-11(14)4-2-3-8-7-9(12(15)16)5-6-10(8)13/h2-3,5-7H,4H2,1H3,(H,15,16). The quantitative estimate of drug-likeness (QED) is 0.816. The number of methoxy groups -OCH3 is 1. The van der Waals surface area contributed by atoms with Gasteiger partial charge in [0.05, 0.1) is 19.1 Å². The molecule has 0 atom stereocenters. The zero-order valence-electron chi connectivity index (χ0n) is 9.14. The van der Waals surface area contributed by atoms with E-state index in [4.69, 9.17) is 5.11 Å². The van der Waals surface area contributed by atoms with Crippen molar-refractivity contribution < 1.29 is 23.8 Å². The normalized spacial score (nSPS) is 10.5. The second-order valence-corrected chi connectivity index (χ2v) is 3.22. The van der Waals surface area contributed by atoms with Gasteiger partial charge in [-0.05, 0) is 18.2 Å². The molecule has 0 unspecified atom stereocenters. The number of halogens is 1. The van der Waals surface area contributed by atoms with E-state index < -0.39 is 17.8 Å². The highest BCUT2D eigenvalue weighted by Crippen LogP contribution is 2.13. The van der Waals surface area contributed by atoms with E-state index in [0.717, 1.165) is 6.07 Å². The fourth-order valence-electron chi connectivity index (χ4n) is 1.17. The second-order valence-electron chi connectivity index (χ2n) is 3.22. The molecule has 5 heteroatoms. The number of ether oxygens (including phenoxy) is 1. The molecule has 0 amide bonds. The number of benzene rings is 1. The van der Waals surface area contributed by atoms with Gasteiger partial charge in [0.15, 0.2) is 0 Å². The smallest absolute Gasteiger partial charge is 0.335 e. The van der Waals surface area contributed by atoms with E-state index in [9.17, 15) is 14.0 Å². The van der Waals surface area contributed by atoms with Gasteiger partial charge in [0.25, 0.3) is 0 Å². The molecule has 0 heterocycles. The minimum absolute atomic E-state index is 0.00718. The zero-order valence-corrected chi connectivity index (χ0v) is 9.14. The summed E-state index contributed by atoms with van der Waals surface area (Å²) in [5.41, 5.74) is 0.109. The summed E-state index contributed by atoms with van der Waals surface area (Å²) in [7, 11) is 1.25. The van der Waals surface area contributed by atoms with Crippen molar-refractivity contribution in [3.63, 3.8) is 0 Å². The van der Waals surface area contributed by atoms with Gasteiger partial charge in [-0.25, -0.2) is 9.18 Å². The molecule has 0 aliphatic carbocycles. The number of esters is 1. The van der Waals surface area contributed by atoms with Crippen LogP contribution in [0.4, 0.5) is 4.39 Å². The van der Waals surface area contributed by atoms with Crippen molar-refractivity contribution in [1.82, 2.24) is 0 Å². The Labute approximate surface area is 97.3 Å². The molecule has 0 aliphatic rings. The van der Waals surface area contributed by atoms with Crippen LogP contribution in [0.2, 0.25) is 0 Å². The van der Waals surface area contributed by atoms with Crippen LogP contribution >= 0.6 is 0 Å². The van der Waals surface area contributed by atoms with Crippen molar-refractivity contribution in [1.29, 1.82) is 0 Å². The van der Waals surface area contributed by atoms with Gasteiger partial charge in [-0.2, -0.15) is 0 Å². The highest BCUT2D eigenvalue weighted by atomic mass is 19.1. The molecule has 0 saturated heterocycles. The molecule has 1 aromatic rings. The number of hydrogen-bond donors (Lipinski definition) is 1. The van der Waals surface area contributed by atoms with Crippen molar-refractivity contribution in [2.75, 3.05) is 7.11 Å². The van der Waals surface area contributed by atoms with E-state index in [2.05, 4.69) is 4.74 Å². The monoisotopic (exact) mass is 238 g/mol. The van der Waals surface area contributed by atoms with Crippen molar-refractivity contribution in [2.45, 2.75) is 6.42 Å². The molecule has 1 N–H and O–H groups in total. The average Bonchev–Trinajstić information content (AvgIpc) is 2.30. The van der Waals surface area contributed by atoms with Crippen LogP contribution in [0.25, 0.3) is 6.08 Å². The summed E-state index contributed by atoms with van der Waals surface area (Å²) in [6, 6.07) is 3.45. The molecule has 0 radical (unpaired) electrons. The SMILES string of the molecule is COC(=O)CC=Cc1cc(C(=O)O)ccc1F. The number of aromatic carboxylic acids is 1. The second kappa shape index (κ2) is 5.79. The van der Waals surface area contributed by atoms with Gasteiger partial charge in [0.2, 0.25) is 0 Å². The molecule has 0 saturated carbocycles. The van der Waals surface area contributed by atoms with Gasteiger partial charge in [-0.3, -0.25) is 4.79 Å². The van der Waals surface area contributed by atoms with E-state index in [0.29, 0.717) is 0 Å². The molecular weight excluding hydrogens is 227 g/mol. The Kier molecular flexibility index (Phi) is 4.39. The summed E-state index contributed by atoms with van der Waals surface area (Å²) in [4.78, 5) is 21.5. The van der Waals surface area contributed by atoms with Crippen LogP contribution in [-0.4, -0.2) is 24.2 Å². The lowest BCUT2D eigenvalue weighted by Gasteiger charge is -1.99. The largest absolute Gasteiger partial charge is 0.478 e. The van der Waals surface area contributed by atoms with Crippen molar-refractivity contribution in [3.8, 4) is 0 Å². The Morgan fingerprint density at radius 1 is 1.47 bits per heavy atom. The first-order valence-electron chi connectivity index (χ1n) is 4.81. The summed E-state index contributed by atoms with van der Waals surface area (Å²) < 4.78 is 17.7. The third kappa shape index (κ3) is 3.71. The van der Waals surface area contributed by atoms with Crippen LogP contribution in [-0.2, 0) is 9.53 Å². The van der Waals surface area contributed by atoms with Gasteiger partial charge in [-0.1, -0.05) is 12.2 Å². The highest BCUT2D eigenvalue weighted by molar-refractivity contribution is 5.88. The number of hydrogen-bond acceptors (Lipinski definition) is 3. The summed E-state index contributed by atoms with van der Waals surface area (Å²) in [6.45, 7) is 0. The lowest BCUT2D eigenvalue weighted by Crippen LogP contribution is -1.98.